The number of hydrogen-bond donors (Lipinski definition) is 0. The maximum absolute atomic E-state index is 13.5. The van der Waals surface area contributed by atoms with Gasteiger partial charge in [-0.3, -0.25) is 4.79 Å². The van der Waals surface area contributed by atoms with Crippen molar-refractivity contribution in [3.63, 3.8) is 0 Å². The lowest BCUT2D eigenvalue weighted by Gasteiger charge is -2.22. The Balaban J connectivity index is 1.84. The first-order chi connectivity index (χ1) is 15.5. The van der Waals surface area contributed by atoms with Crippen molar-refractivity contribution in [2.75, 3.05) is 13.7 Å². The minimum Gasteiger partial charge on any atom is -0.493 e. The second-order valence-corrected chi connectivity index (χ2v) is 9.56. The van der Waals surface area contributed by atoms with E-state index >= 15 is 0 Å². The van der Waals surface area contributed by atoms with Gasteiger partial charge in [0, 0.05) is 20.4 Å². The largest absolute Gasteiger partial charge is 0.493 e. The summed E-state index contributed by atoms with van der Waals surface area (Å²) in [6, 6.07) is 9.30. The van der Waals surface area contributed by atoms with Crippen LogP contribution in [0, 0.1) is 0 Å². The van der Waals surface area contributed by atoms with Gasteiger partial charge in [-0.1, -0.05) is 35.2 Å². The third kappa shape index (κ3) is 4.76. The highest BCUT2D eigenvalue weighted by Gasteiger charge is 2.22. The standard InChI is InChI=1S/C24H25Br2N3O3/c1-3-32-22-11-16(19(26)13-21(22)31-2)14-27-29-23(15-7-5-4-6-8-15)28-20-10-9-17(25)12-18(20)24(29)30/h9-15H,3-8H2,1-2H3. The summed E-state index contributed by atoms with van der Waals surface area (Å²) in [5, 5.41) is 5.17. The Bertz CT molecular complexity index is 1220. The number of hydrogen-bond acceptors (Lipinski definition) is 5. The highest BCUT2D eigenvalue weighted by atomic mass is 79.9. The number of benzene rings is 2. The lowest BCUT2D eigenvalue weighted by molar-refractivity contribution is 0.311. The molecule has 8 heteroatoms. The molecule has 1 saturated carbocycles. The molecule has 1 aromatic heterocycles. The summed E-state index contributed by atoms with van der Waals surface area (Å²) in [6.45, 7) is 2.44. The fourth-order valence-corrected chi connectivity index (χ4v) is 4.89. The normalized spacial score (nSPS) is 14.9. The molecule has 4 rings (SSSR count). The summed E-state index contributed by atoms with van der Waals surface area (Å²) < 4.78 is 14.2. The van der Waals surface area contributed by atoms with E-state index in [-0.39, 0.29) is 11.5 Å². The van der Waals surface area contributed by atoms with Crippen LogP contribution < -0.4 is 15.0 Å². The summed E-state index contributed by atoms with van der Waals surface area (Å²) in [6.07, 6.45) is 7.22. The van der Waals surface area contributed by atoms with Gasteiger partial charge >= 0.3 is 0 Å². The Morgan fingerprint density at radius 2 is 1.94 bits per heavy atom. The molecular formula is C24H25Br2N3O3. The zero-order valence-electron chi connectivity index (χ0n) is 18.1. The number of fused-ring (bicyclic) bond motifs is 1. The van der Waals surface area contributed by atoms with Crippen LogP contribution in [0.4, 0.5) is 0 Å². The van der Waals surface area contributed by atoms with Crippen molar-refractivity contribution in [1.29, 1.82) is 0 Å². The van der Waals surface area contributed by atoms with Gasteiger partial charge in [-0.25, -0.2) is 4.98 Å². The van der Waals surface area contributed by atoms with Crippen LogP contribution >= 0.6 is 31.9 Å². The average Bonchev–Trinajstić information content (AvgIpc) is 2.81. The topological polar surface area (TPSA) is 65.7 Å². The second kappa shape index (κ2) is 10.2. The fraction of sp³-hybridized carbons (Fsp3) is 0.375. The third-order valence-corrected chi connectivity index (χ3v) is 6.88. The van der Waals surface area contributed by atoms with Gasteiger partial charge < -0.3 is 9.47 Å². The molecular weight excluding hydrogens is 538 g/mol. The van der Waals surface area contributed by atoms with Crippen LogP contribution in [0.15, 0.2) is 49.2 Å². The van der Waals surface area contributed by atoms with Gasteiger partial charge in [-0.15, -0.1) is 0 Å². The minimum atomic E-state index is -0.164. The maximum Gasteiger partial charge on any atom is 0.282 e. The van der Waals surface area contributed by atoms with Crippen molar-refractivity contribution < 1.29 is 9.47 Å². The van der Waals surface area contributed by atoms with Crippen molar-refractivity contribution in [3.8, 4) is 11.5 Å². The number of halogens is 2. The lowest BCUT2D eigenvalue weighted by Crippen LogP contribution is -2.25. The van der Waals surface area contributed by atoms with Crippen LogP contribution in [-0.2, 0) is 0 Å². The van der Waals surface area contributed by atoms with E-state index in [1.807, 2.05) is 31.2 Å². The molecule has 0 bridgehead atoms. The van der Waals surface area contributed by atoms with Gasteiger partial charge in [-0.2, -0.15) is 9.78 Å². The molecule has 0 amide bonds. The van der Waals surface area contributed by atoms with Crippen molar-refractivity contribution >= 4 is 49.0 Å². The average molecular weight is 563 g/mol. The SMILES string of the molecule is CCOc1cc(C=Nn2c(C3CCCCC3)nc3ccc(Br)cc3c2=O)c(Br)cc1OC. The van der Waals surface area contributed by atoms with E-state index in [4.69, 9.17) is 14.5 Å². The lowest BCUT2D eigenvalue weighted by atomic mass is 9.88. The smallest absolute Gasteiger partial charge is 0.282 e. The Morgan fingerprint density at radius 3 is 2.66 bits per heavy atom. The molecule has 0 atom stereocenters. The molecule has 0 unspecified atom stereocenters. The van der Waals surface area contributed by atoms with E-state index in [0.29, 0.717) is 29.0 Å². The summed E-state index contributed by atoms with van der Waals surface area (Å²) in [7, 11) is 1.60. The van der Waals surface area contributed by atoms with Crippen LogP contribution in [0.2, 0.25) is 0 Å². The predicted octanol–water partition coefficient (Wildman–Crippen LogP) is 6.26. The number of methoxy groups -OCH3 is 1. The first kappa shape index (κ1) is 23.0. The maximum atomic E-state index is 13.5. The molecule has 6 nitrogen and oxygen atoms in total. The summed E-state index contributed by atoms with van der Waals surface area (Å²) in [5.74, 6) is 2.21. The molecule has 0 spiro atoms. The molecule has 32 heavy (non-hydrogen) atoms. The highest BCUT2D eigenvalue weighted by Crippen LogP contribution is 2.34. The molecule has 2 aromatic carbocycles. The zero-order valence-corrected chi connectivity index (χ0v) is 21.3. The number of aromatic nitrogens is 2. The summed E-state index contributed by atoms with van der Waals surface area (Å²) in [5.41, 5.74) is 1.32. The number of rotatable bonds is 6. The van der Waals surface area contributed by atoms with Gasteiger partial charge in [0.05, 0.1) is 30.8 Å². The Morgan fingerprint density at radius 1 is 1.16 bits per heavy atom. The van der Waals surface area contributed by atoms with E-state index in [1.54, 1.807) is 19.4 Å². The van der Waals surface area contributed by atoms with Gasteiger partial charge in [-0.05, 0) is 66.0 Å². The first-order valence-corrected chi connectivity index (χ1v) is 12.4. The fourth-order valence-electron chi connectivity index (χ4n) is 4.10. The van der Waals surface area contributed by atoms with Gasteiger partial charge in [0.15, 0.2) is 11.5 Å². The van der Waals surface area contributed by atoms with E-state index in [9.17, 15) is 4.79 Å². The van der Waals surface area contributed by atoms with Crippen LogP contribution in [0.1, 0.15) is 56.3 Å². The third-order valence-electron chi connectivity index (χ3n) is 5.70. The van der Waals surface area contributed by atoms with Crippen molar-refractivity contribution in [1.82, 2.24) is 9.66 Å². The molecule has 1 aliphatic rings. The van der Waals surface area contributed by atoms with E-state index in [2.05, 4.69) is 37.0 Å². The van der Waals surface area contributed by atoms with Crippen LogP contribution in [0.25, 0.3) is 10.9 Å². The summed E-state index contributed by atoms with van der Waals surface area (Å²) in [4.78, 5) is 18.3. The van der Waals surface area contributed by atoms with Crippen LogP contribution in [0.3, 0.4) is 0 Å². The molecule has 0 saturated heterocycles. The molecule has 1 aliphatic carbocycles. The van der Waals surface area contributed by atoms with Gasteiger partial charge in [0.25, 0.3) is 5.56 Å². The molecule has 1 fully saturated rings. The molecule has 168 valence electrons. The molecule has 1 heterocycles. The number of nitrogens with zero attached hydrogens (tertiary/aromatic N) is 3. The first-order valence-electron chi connectivity index (χ1n) is 10.8. The van der Waals surface area contributed by atoms with Crippen LogP contribution in [-0.4, -0.2) is 29.6 Å². The zero-order chi connectivity index (χ0) is 22.7. The quantitative estimate of drug-likeness (QED) is 0.333. The molecule has 3 aromatic rings. The van der Waals surface area contributed by atoms with Crippen molar-refractivity contribution in [2.24, 2.45) is 5.10 Å². The van der Waals surface area contributed by atoms with Gasteiger partial charge in [0.2, 0.25) is 0 Å². The monoisotopic (exact) mass is 561 g/mol. The van der Waals surface area contributed by atoms with Gasteiger partial charge in [0.1, 0.15) is 5.82 Å². The Labute approximate surface area is 203 Å². The van der Waals surface area contributed by atoms with E-state index < -0.39 is 0 Å². The predicted molar refractivity (Wildman–Crippen MR) is 134 cm³/mol. The van der Waals surface area contributed by atoms with E-state index in [1.165, 1.54) is 11.1 Å². The molecule has 0 N–H and O–H groups in total. The summed E-state index contributed by atoms with van der Waals surface area (Å²) >= 11 is 7.04. The molecule has 0 aliphatic heterocycles. The Kier molecular flexibility index (Phi) is 7.30. The van der Waals surface area contributed by atoms with Crippen LogP contribution in [0.5, 0.6) is 11.5 Å². The second-order valence-electron chi connectivity index (χ2n) is 7.79. The Hall–Kier alpha value is -2.19. The van der Waals surface area contributed by atoms with Crippen molar-refractivity contribution in [3.05, 3.63) is 61.0 Å². The highest BCUT2D eigenvalue weighted by molar-refractivity contribution is 9.10. The minimum absolute atomic E-state index is 0.164. The number of ether oxygens (including phenoxy) is 2. The van der Waals surface area contributed by atoms with E-state index in [0.717, 1.165) is 46.0 Å². The van der Waals surface area contributed by atoms with Crippen molar-refractivity contribution in [2.45, 2.75) is 44.9 Å². The molecule has 0 radical (unpaired) electrons.